The number of benzene rings is 2. The highest BCUT2D eigenvalue weighted by Crippen LogP contribution is 2.28. The zero-order valence-corrected chi connectivity index (χ0v) is 29.8. The Balaban J connectivity index is 2.18. The van der Waals surface area contributed by atoms with E-state index >= 15 is 0 Å². The van der Waals surface area contributed by atoms with Gasteiger partial charge in [-0.05, 0) is 86.8 Å². The molecule has 0 N–H and O–H groups in total. The molecule has 50 heavy (non-hydrogen) atoms. The van der Waals surface area contributed by atoms with Crippen LogP contribution in [0.25, 0.3) is 12.2 Å². The highest BCUT2D eigenvalue weighted by molar-refractivity contribution is 5.73. The van der Waals surface area contributed by atoms with Crippen molar-refractivity contribution in [3.63, 3.8) is 0 Å². The van der Waals surface area contributed by atoms with Gasteiger partial charge in [0, 0.05) is 37.8 Å². The van der Waals surface area contributed by atoms with Gasteiger partial charge in [0.25, 0.3) is 0 Å². The first kappa shape index (κ1) is 41.4. The van der Waals surface area contributed by atoms with Crippen LogP contribution in [-0.4, -0.2) is 78.7 Å². The molecule has 2 aromatic carbocycles. The third kappa shape index (κ3) is 18.7. The third-order valence-electron chi connectivity index (χ3n) is 7.36. The van der Waals surface area contributed by atoms with Gasteiger partial charge in [-0.1, -0.05) is 12.2 Å². The lowest BCUT2D eigenvalue weighted by Gasteiger charge is -2.12. The normalized spacial score (nSPS) is 10.7. The molecule has 0 aliphatic rings. The number of ether oxygens (including phenoxy) is 8. The van der Waals surface area contributed by atoms with Crippen molar-refractivity contribution in [3.05, 3.63) is 47.5 Å². The zero-order valence-electron chi connectivity index (χ0n) is 29.8. The molecule has 0 radical (unpaired) electrons. The molecular formula is C38H52O12. The van der Waals surface area contributed by atoms with Gasteiger partial charge in [0.15, 0.2) is 0 Å². The first-order chi connectivity index (χ1) is 24.3. The Labute approximate surface area is 295 Å². The van der Waals surface area contributed by atoms with Gasteiger partial charge in [0.05, 0.1) is 54.9 Å². The van der Waals surface area contributed by atoms with E-state index in [0.717, 1.165) is 11.1 Å². The van der Waals surface area contributed by atoms with Crippen LogP contribution >= 0.6 is 0 Å². The fraction of sp³-hybridized carbons (Fsp3) is 0.526. The molecule has 0 fully saturated rings. The molecule has 0 heterocycles. The summed E-state index contributed by atoms with van der Waals surface area (Å²) in [5.41, 5.74) is 1.67. The molecule has 12 nitrogen and oxygen atoms in total. The molecule has 0 saturated heterocycles. The maximum Gasteiger partial charge on any atom is 0.305 e. The molecule has 0 saturated carbocycles. The number of carbonyl (C=O) groups is 4. The van der Waals surface area contributed by atoms with E-state index in [-0.39, 0.29) is 23.9 Å². The average Bonchev–Trinajstić information content (AvgIpc) is 3.12. The number of esters is 4. The number of unbranched alkanes of at least 4 members (excludes halogenated alkanes) is 4. The van der Waals surface area contributed by atoms with Crippen LogP contribution in [0.5, 0.6) is 23.0 Å². The van der Waals surface area contributed by atoms with E-state index in [0.29, 0.717) is 126 Å². The molecule has 0 aromatic heterocycles. The average molecular weight is 701 g/mol. The number of methoxy groups -OCH3 is 4. The summed E-state index contributed by atoms with van der Waals surface area (Å²) in [4.78, 5) is 45.7. The van der Waals surface area contributed by atoms with Crippen LogP contribution in [0, 0.1) is 0 Å². The molecule has 0 bridgehead atoms. The molecule has 0 aliphatic heterocycles. The van der Waals surface area contributed by atoms with Crippen LogP contribution in [-0.2, 0) is 38.1 Å². The van der Waals surface area contributed by atoms with Crippen LogP contribution in [0.4, 0.5) is 0 Å². The van der Waals surface area contributed by atoms with Gasteiger partial charge >= 0.3 is 23.9 Å². The van der Waals surface area contributed by atoms with Crippen molar-refractivity contribution >= 4 is 36.0 Å². The van der Waals surface area contributed by atoms with Gasteiger partial charge in [-0.2, -0.15) is 0 Å². The lowest BCUT2D eigenvalue weighted by atomic mass is 10.1. The monoisotopic (exact) mass is 700 g/mol. The number of carbonyl (C=O) groups excluding carboxylic acids is 4. The van der Waals surface area contributed by atoms with Gasteiger partial charge in [-0.25, -0.2) is 0 Å². The summed E-state index contributed by atoms with van der Waals surface area (Å²) in [6, 6.07) is 11.3. The lowest BCUT2D eigenvalue weighted by Crippen LogP contribution is -2.04. The van der Waals surface area contributed by atoms with E-state index in [9.17, 15) is 19.2 Å². The largest absolute Gasteiger partial charge is 0.493 e. The minimum Gasteiger partial charge on any atom is -0.493 e. The Hall–Kier alpha value is -4.74. The molecule has 0 aliphatic carbocycles. The van der Waals surface area contributed by atoms with Gasteiger partial charge in [-0.3, -0.25) is 19.2 Å². The summed E-state index contributed by atoms with van der Waals surface area (Å²) >= 11 is 0. The predicted molar refractivity (Wildman–Crippen MR) is 187 cm³/mol. The van der Waals surface area contributed by atoms with E-state index in [1.165, 1.54) is 28.4 Å². The van der Waals surface area contributed by atoms with E-state index in [2.05, 4.69) is 0 Å². The number of hydrogen-bond donors (Lipinski definition) is 0. The second kappa shape index (κ2) is 25.3. The minimum absolute atomic E-state index is 0.250. The Morgan fingerprint density at radius 3 is 0.860 bits per heavy atom. The molecular weight excluding hydrogens is 648 g/mol. The summed E-state index contributed by atoms with van der Waals surface area (Å²) in [6.07, 6.45) is 10.5. The summed E-state index contributed by atoms with van der Waals surface area (Å²) in [5.74, 6) is 1.48. The maximum atomic E-state index is 11.4. The van der Waals surface area contributed by atoms with Crippen molar-refractivity contribution in [2.24, 2.45) is 0 Å². The molecule has 0 unspecified atom stereocenters. The summed E-state index contributed by atoms with van der Waals surface area (Å²) in [7, 11) is 5.49. The molecule has 0 amide bonds. The Morgan fingerprint density at radius 1 is 0.400 bits per heavy atom. The Kier molecular flexibility index (Phi) is 20.9. The second-order valence-electron chi connectivity index (χ2n) is 11.3. The van der Waals surface area contributed by atoms with E-state index < -0.39 is 0 Å². The molecule has 276 valence electrons. The van der Waals surface area contributed by atoms with Crippen molar-refractivity contribution in [2.45, 2.75) is 77.0 Å². The fourth-order valence-electron chi connectivity index (χ4n) is 4.56. The van der Waals surface area contributed by atoms with Crippen LogP contribution in [0.1, 0.15) is 88.2 Å². The van der Waals surface area contributed by atoms with E-state index in [1.807, 2.05) is 48.6 Å². The smallest absolute Gasteiger partial charge is 0.305 e. The van der Waals surface area contributed by atoms with E-state index in [4.69, 9.17) is 37.9 Å². The number of hydrogen-bond acceptors (Lipinski definition) is 12. The second-order valence-corrected chi connectivity index (χ2v) is 11.3. The highest BCUT2D eigenvalue weighted by Gasteiger charge is 2.08. The van der Waals surface area contributed by atoms with Crippen molar-refractivity contribution in [1.82, 2.24) is 0 Å². The van der Waals surface area contributed by atoms with Gasteiger partial charge < -0.3 is 37.9 Å². The fourth-order valence-corrected chi connectivity index (χ4v) is 4.56. The maximum absolute atomic E-state index is 11.4. The summed E-state index contributed by atoms with van der Waals surface area (Å²) in [5, 5.41) is 0. The summed E-state index contributed by atoms with van der Waals surface area (Å²) < 4.78 is 42.9. The molecule has 2 rings (SSSR count). The van der Waals surface area contributed by atoms with Crippen LogP contribution in [0.2, 0.25) is 0 Å². The minimum atomic E-state index is -0.250. The third-order valence-corrected chi connectivity index (χ3v) is 7.36. The predicted octanol–water partition coefficient (Wildman–Crippen LogP) is 6.75. The highest BCUT2D eigenvalue weighted by atomic mass is 16.5. The SMILES string of the molecule is COC(=O)CCCCOc1cc(/C=C/c2cc(OCCCCC(=O)OC)cc(OCCCCC(=O)OC)c2)cc(OCCCCC(=O)OC)c1. The molecule has 12 heteroatoms. The summed E-state index contributed by atoms with van der Waals surface area (Å²) in [6.45, 7) is 1.67. The van der Waals surface area contributed by atoms with Crippen LogP contribution < -0.4 is 18.9 Å². The van der Waals surface area contributed by atoms with Crippen molar-refractivity contribution in [3.8, 4) is 23.0 Å². The number of rotatable bonds is 26. The van der Waals surface area contributed by atoms with Crippen LogP contribution in [0.3, 0.4) is 0 Å². The van der Waals surface area contributed by atoms with Gasteiger partial charge in [0.1, 0.15) is 23.0 Å². The first-order valence-electron chi connectivity index (χ1n) is 17.0. The topological polar surface area (TPSA) is 142 Å². The van der Waals surface area contributed by atoms with E-state index in [1.54, 1.807) is 0 Å². The van der Waals surface area contributed by atoms with Gasteiger partial charge in [0.2, 0.25) is 0 Å². The van der Waals surface area contributed by atoms with Crippen LogP contribution in [0.15, 0.2) is 36.4 Å². The van der Waals surface area contributed by atoms with Crippen molar-refractivity contribution in [1.29, 1.82) is 0 Å². The van der Waals surface area contributed by atoms with Crippen molar-refractivity contribution < 1.29 is 57.1 Å². The quantitative estimate of drug-likeness (QED) is 0.0444. The standard InChI is InChI=1S/C38H52O12/c1-43-35(39)13-5-9-19-47-31-23-29(24-32(27-31)48-20-10-6-14-36(40)44-2)17-18-30-25-33(49-21-11-7-15-37(41)45-3)28-34(26-30)50-22-12-8-16-38(42)46-4/h17-18,23-28H,5-16,19-22H2,1-4H3/b18-17+. The van der Waals surface area contributed by atoms with Crippen molar-refractivity contribution in [2.75, 3.05) is 54.9 Å². The molecule has 0 spiro atoms. The Bertz CT molecular complexity index is 1160. The van der Waals surface area contributed by atoms with Gasteiger partial charge in [-0.15, -0.1) is 0 Å². The molecule has 2 aromatic rings. The molecule has 0 atom stereocenters. The first-order valence-corrected chi connectivity index (χ1v) is 17.0. The zero-order chi connectivity index (χ0) is 36.4. The Morgan fingerprint density at radius 2 is 0.640 bits per heavy atom. The lowest BCUT2D eigenvalue weighted by molar-refractivity contribution is -0.141.